The van der Waals surface area contributed by atoms with Gasteiger partial charge in [0.25, 0.3) is 5.69 Å². The van der Waals surface area contributed by atoms with E-state index in [-0.39, 0.29) is 30.1 Å². The maximum Gasteiger partial charge on any atom is 0.514 e. The van der Waals surface area contributed by atoms with E-state index in [0.29, 0.717) is 23.7 Å². The topological polar surface area (TPSA) is 141 Å². The number of fused-ring (bicyclic) bond motifs is 1. The maximum atomic E-state index is 13.2. The third-order valence-electron chi connectivity index (χ3n) is 5.98. The molecule has 0 bridgehead atoms. The first-order valence-corrected chi connectivity index (χ1v) is 13.4. The van der Waals surface area contributed by atoms with Gasteiger partial charge in [-0.15, -0.1) is 0 Å². The van der Waals surface area contributed by atoms with Crippen molar-refractivity contribution in [3.63, 3.8) is 0 Å². The molecule has 0 radical (unpaired) electrons. The zero-order valence-electron chi connectivity index (χ0n) is 24.5. The highest BCUT2D eigenvalue weighted by Gasteiger charge is 2.24. The van der Waals surface area contributed by atoms with Crippen LogP contribution in [0.5, 0.6) is 5.75 Å². The first-order chi connectivity index (χ1) is 19.1. The van der Waals surface area contributed by atoms with E-state index < -0.39 is 28.4 Å². The van der Waals surface area contributed by atoms with Crippen LogP contribution in [0.4, 0.5) is 15.3 Å². The van der Waals surface area contributed by atoms with Gasteiger partial charge >= 0.3 is 12.2 Å². The number of pyridine rings is 1. The van der Waals surface area contributed by atoms with E-state index >= 15 is 0 Å². The number of non-ortho nitro benzene ring substituents is 1. The zero-order valence-corrected chi connectivity index (χ0v) is 24.5. The Hall–Kier alpha value is -4.41. The number of nitrogens with zero attached hydrogens (tertiary/aromatic N) is 2. The average molecular weight is 568 g/mol. The molecule has 0 saturated carbocycles. The van der Waals surface area contributed by atoms with Crippen molar-refractivity contribution in [1.82, 2.24) is 9.88 Å². The van der Waals surface area contributed by atoms with Crippen molar-refractivity contribution in [3.8, 4) is 5.75 Å². The fraction of sp³-hybridized carbons (Fsp3) is 0.433. The molecule has 11 heteroatoms. The highest BCUT2D eigenvalue weighted by Crippen LogP contribution is 2.28. The van der Waals surface area contributed by atoms with Crippen LogP contribution in [0.2, 0.25) is 0 Å². The monoisotopic (exact) mass is 567 g/mol. The number of nitrogens with one attached hydrogen (secondary N) is 1. The number of amides is 1. The molecule has 0 spiro atoms. The van der Waals surface area contributed by atoms with Crippen molar-refractivity contribution in [2.24, 2.45) is 0 Å². The highest BCUT2D eigenvalue weighted by atomic mass is 16.7. The third kappa shape index (κ3) is 8.79. The van der Waals surface area contributed by atoms with E-state index in [1.807, 2.05) is 6.92 Å². The van der Waals surface area contributed by atoms with Gasteiger partial charge in [0, 0.05) is 36.7 Å². The number of nitro groups is 1. The number of nitro benzene ring substituents is 1. The molecule has 220 valence electrons. The number of rotatable bonds is 8. The van der Waals surface area contributed by atoms with Crippen molar-refractivity contribution in [3.05, 3.63) is 79.6 Å². The molecule has 2 aromatic carbocycles. The predicted molar refractivity (Wildman–Crippen MR) is 154 cm³/mol. The average Bonchev–Trinajstić information content (AvgIpc) is 2.85. The molecule has 1 N–H and O–H groups in total. The molecule has 0 unspecified atom stereocenters. The van der Waals surface area contributed by atoms with Gasteiger partial charge in [0.2, 0.25) is 5.56 Å². The molecule has 3 rings (SSSR count). The number of ether oxygens (including phenoxy) is 3. The van der Waals surface area contributed by atoms with E-state index in [2.05, 4.69) is 4.98 Å². The van der Waals surface area contributed by atoms with Gasteiger partial charge in [0.15, 0.2) is 5.75 Å². The van der Waals surface area contributed by atoms with E-state index in [9.17, 15) is 24.5 Å². The quantitative estimate of drug-likeness (QED) is 0.145. The number of benzene rings is 2. The van der Waals surface area contributed by atoms with Crippen LogP contribution < -0.4 is 10.3 Å². The summed E-state index contributed by atoms with van der Waals surface area (Å²) in [5.41, 5.74) is 0.790. The van der Waals surface area contributed by atoms with Crippen molar-refractivity contribution in [2.75, 3.05) is 6.54 Å². The molecule has 0 aliphatic carbocycles. The van der Waals surface area contributed by atoms with Gasteiger partial charge in [-0.1, -0.05) is 19.1 Å². The van der Waals surface area contributed by atoms with Gasteiger partial charge in [-0.25, -0.2) is 9.59 Å². The van der Waals surface area contributed by atoms with Gasteiger partial charge in [0.1, 0.15) is 11.2 Å². The molecular formula is C30H37N3O8. The van der Waals surface area contributed by atoms with Crippen LogP contribution in [-0.2, 0) is 28.9 Å². The summed E-state index contributed by atoms with van der Waals surface area (Å²) in [6, 6.07) is 11.0. The minimum atomic E-state index is -0.901. The lowest BCUT2D eigenvalue weighted by atomic mass is 10.0. The fourth-order valence-corrected chi connectivity index (χ4v) is 4.18. The highest BCUT2D eigenvalue weighted by molar-refractivity contribution is 5.89. The van der Waals surface area contributed by atoms with Crippen molar-refractivity contribution in [1.29, 1.82) is 0 Å². The van der Waals surface area contributed by atoms with Crippen LogP contribution in [0.1, 0.15) is 65.2 Å². The molecule has 11 nitrogen and oxygen atoms in total. The van der Waals surface area contributed by atoms with Gasteiger partial charge in [-0.05, 0) is 83.2 Å². The summed E-state index contributed by atoms with van der Waals surface area (Å²) in [5, 5.41) is 11.9. The lowest BCUT2D eigenvalue weighted by Crippen LogP contribution is -2.37. The third-order valence-corrected chi connectivity index (χ3v) is 5.98. The summed E-state index contributed by atoms with van der Waals surface area (Å²) in [4.78, 5) is 52.8. The van der Waals surface area contributed by atoms with Crippen LogP contribution in [0.3, 0.4) is 0 Å². The van der Waals surface area contributed by atoms with Crippen LogP contribution in [0.25, 0.3) is 10.9 Å². The van der Waals surface area contributed by atoms with E-state index in [1.165, 1.54) is 18.2 Å². The molecule has 1 aromatic heterocycles. The van der Waals surface area contributed by atoms with Gasteiger partial charge in [-0.3, -0.25) is 14.9 Å². The summed E-state index contributed by atoms with van der Waals surface area (Å²) in [6.45, 7) is 12.8. The van der Waals surface area contributed by atoms with Gasteiger partial charge < -0.3 is 24.1 Å². The van der Waals surface area contributed by atoms with Crippen LogP contribution in [-0.4, -0.2) is 44.8 Å². The lowest BCUT2D eigenvalue weighted by molar-refractivity contribution is -0.384. The Kier molecular flexibility index (Phi) is 9.42. The van der Waals surface area contributed by atoms with Crippen LogP contribution in [0.15, 0.2) is 47.3 Å². The molecule has 0 atom stereocenters. The Morgan fingerprint density at radius 3 is 2.20 bits per heavy atom. The molecule has 0 fully saturated rings. The Balaban J connectivity index is 1.93. The second-order valence-corrected chi connectivity index (χ2v) is 11.6. The first-order valence-electron chi connectivity index (χ1n) is 13.4. The number of H-pyrrole nitrogens is 1. The van der Waals surface area contributed by atoms with E-state index in [4.69, 9.17) is 14.2 Å². The summed E-state index contributed by atoms with van der Waals surface area (Å²) in [6.07, 6.45) is -0.498. The Morgan fingerprint density at radius 2 is 1.59 bits per heavy atom. The number of aromatic amines is 1. The van der Waals surface area contributed by atoms with E-state index in [0.717, 1.165) is 16.7 Å². The number of hydrogen-bond acceptors (Lipinski definition) is 8. The molecule has 3 aromatic rings. The SMILES string of the molecule is CCc1cc([N+](=O)[O-])ccc1CN(CCc1ccc(OC(=O)OC(C)(C)C)c2[nH]c(=O)ccc12)C(=O)OC(C)(C)C. The number of aromatic nitrogens is 1. The van der Waals surface area contributed by atoms with Gasteiger partial charge in [0.05, 0.1) is 10.4 Å². The number of carbonyl (C=O) groups excluding carboxylic acids is 2. The van der Waals surface area contributed by atoms with Gasteiger partial charge in [-0.2, -0.15) is 0 Å². The largest absolute Gasteiger partial charge is 0.514 e. The Bertz CT molecular complexity index is 1500. The lowest BCUT2D eigenvalue weighted by Gasteiger charge is -2.28. The Morgan fingerprint density at radius 1 is 0.927 bits per heavy atom. The second-order valence-electron chi connectivity index (χ2n) is 11.6. The van der Waals surface area contributed by atoms with Crippen LogP contribution >= 0.6 is 0 Å². The standard InChI is InChI=1S/C30H37N3O8/c1-8-19-17-22(33(37)38)11-9-21(19)18-32(27(35)40-29(2,3)4)16-15-20-10-13-24(39-28(36)41-30(5,6)7)26-23(20)12-14-25(34)31-26/h9-14,17H,8,15-16,18H2,1-7H3,(H,31,34). The Labute approximate surface area is 238 Å². The summed E-state index contributed by atoms with van der Waals surface area (Å²) < 4.78 is 16.3. The number of aryl methyl sites for hydroxylation is 1. The summed E-state index contributed by atoms with van der Waals surface area (Å²) in [5.74, 6) is 0.137. The maximum absolute atomic E-state index is 13.2. The molecule has 1 amide bonds. The molecule has 0 aliphatic rings. The fourth-order valence-electron chi connectivity index (χ4n) is 4.18. The second kappa shape index (κ2) is 12.4. The summed E-state index contributed by atoms with van der Waals surface area (Å²) in [7, 11) is 0. The first kappa shape index (κ1) is 31.1. The molecular weight excluding hydrogens is 530 g/mol. The minimum Gasteiger partial charge on any atom is -0.444 e. The van der Waals surface area contributed by atoms with Crippen molar-refractivity contribution < 1.29 is 28.7 Å². The molecule has 0 saturated heterocycles. The summed E-state index contributed by atoms with van der Waals surface area (Å²) >= 11 is 0. The van der Waals surface area contributed by atoms with Crippen molar-refractivity contribution in [2.45, 2.75) is 79.1 Å². The zero-order chi connectivity index (χ0) is 30.5. The molecule has 41 heavy (non-hydrogen) atoms. The minimum absolute atomic E-state index is 0.0106. The molecule has 0 aliphatic heterocycles. The smallest absolute Gasteiger partial charge is 0.444 e. The van der Waals surface area contributed by atoms with E-state index in [1.54, 1.807) is 70.7 Å². The number of hydrogen-bond donors (Lipinski definition) is 1. The van der Waals surface area contributed by atoms with Crippen LogP contribution in [0, 0.1) is 10.1 Å². The molecule has 1 heterocycles. The van der Waals surface area contributed by atoms with Crippen molar-refractivity contribution >= 4 is 28.8 Å². The normalized spacial score (nSPS) is 11.7. The number of carbonyl (C=O) groups is 2. The predicted octanol–water partition coefficient (Wildman–Crippen LogP) is 6.29.